The van der Waals surface area contributed by atoms with Crippen LogP contribution < -0.4 is 5.32 Å². The Bertz CT molecular complexity index is 563. The Morgan fingerprint density at radius 3 is 2.85 bits per heavy atom. The number of aromatic nitrogens is 2. The summed E-state index contributed by atoms with van der Waals surface area (Å²) in [4.78, 5) is 4.39. The molecule has 1 unspecified atom stereocenters. The smallest absolute Gasteiger partial charge is 0.128 e. The summed E-state index contributed by atoms with van der Waals surface area (Å²) < 4.78 is 16.2. The molecule has 0 aliphatic heterocycles. The zero-order valence-corrected chi connectivity index (χ0v) is 12.4. The van der Waals surface area contributed by atoms with Crippen LogP contribution in [-0.4, -0.2) is 16.1 Å². The van der Waals surface area contributed by atoms with Crippen LogP contribution in [0.2, 0.25) is 0 Å². The van der Waals surface area contributed by atoms with Gasteiger partial charge >= 0.3 is 0 Å². The van der Waals surface area contributed by atoms with Crippen LogP contribution in [0.15, 0.2) is 30.6 Å². The molecule has 1 heterocycles. The molecule has 1 aromatic carbocycles. The molecule has 108 valence electrons. The number of likely N-dealkylation sites (N-methyl/N-ethyl adjacent to an activating group) is 1. The molecule has 20 heavy (non-hydrogen) atoms. The number of hydrogen-bond acceptors (Lipinski definition) is 2. The second-order valence-electron chi connectivity index (χ2n) is 4.97. The monoisotopic (exact) mass is 275 g/mol. The minimum Gasteiger partial charge on any atom is -0.335 e. The van der Waals surface area contributed by atoms with Gasteiger partial charge in [0.15, 0.2) is 0 Å². The number of hydrogen-bond donors (Lipinski definition) is 1. The molecule has 0 aliphatic carbocycles. The Labute approximate surface area is 119 Å². The summed E-state index contributed by atoms with van der Waals surface area (Å²) in [7, 11) is 0. The highest BCUT2D eigenvalue weighted by atomic mass is 19.1. The fourth-order valence-corrected chi connectivity index (χ4v) is 2.47. The third-order valence-corrected chi connectivity index (χ3v) is 3.51. The zero-order chi connectivity index (χ0) is 14.5. The van der Waals surface area contributed by atoms with Crippen LogP contribution in [0.5, 0.6) is 0 Å². The van der Waals surface area contributed by atoms with Gasteiger partial charge in [0.05, 0.1) is 0 Å². The molecule has 0 saturated carbocycles. The lowest BCUT2D eigenvalue weighted by atomic mass is 10.0. The van der Waals surface area contributed by atoms with Crippen LogP contribution >= 0.6 is 0 Å². The molecule has 0 aliphatic rings. The zero-order valence-electron chi connectivity index (χ0n) is 12.4. The van der Waals surface area contributed by atoms with Gasteiger partial charge in [-0.3, -0.25) is 0 Å². The SMILES string of the molecule is CCNC(Cc1nccn1CC)c1cc(C)ccc1F. The van der Waals surface area contributed by atoms with Crippen LogP contribution in [0.25, 0.3) is 0 Å². The van der Waals surface area contributed by atoms with E-state index in [0.717, 1.165) is 30.0 Å². The van der Waals surface area contributed by atoms with Crippen molar-refractivity contribution in [2.45, 2.75) is 39.8 Å². The largest absolute Gasteiger partial charge is 0.335 e. The van der Waals surface area contributed by atoms with E-state index < -0.39 is 0 Å². The number of imidazole rings is 1. The molecule has 1 N–H and O–H groups in total. The van der Waals surface area contributed by atoms with Crippen LogP contribution in [0.1, 0.15) is 36.8 Å². The number of nitrogens with one attached hydrogen (secondary N) is 1. The minimum atomic E-state index is -0.156. The summed E-state index contributed by atoms with van der Waals surface area (Å²) in [5, 5.41) is 3.36. The van der Waals surface area contributed by atoms with Crippen molar-refractivity contribution in [2.75, 3.05) is 6.54 Å². The molecular weight excluding hydrogens is 253 g/mol. The van der Waals surface area contributed by atoms with E-state index in [4.69, 9.17) is 0 Å². The molecule has 4 heteroatoms. The molecule has 0 spiro atoms. The number of halogens is 1. The van der Waals surface area contributed by atoms with E-state index in [2.05, 4.69) is 21.8 Å². The minimum absolute atomic E-state index is 0.0485. The van der Waals surface area contributed by atoms with E-state index in [-0.39, 0.29) is 11.9 Å². The maximum absolute atomic E-state index is 14.1. The Hall–Kier alpha value is -1.68. The van der Waals surface area contributed by atoms with Crippen LogP contribution in [0.4, 0.5) is 4.39 Å². The first-order chi connectivity index (χ1) is 9.65. The van der Waals surface area contributed by atoms with Gasteiger partial charge in [0.25, 0.3) is 0 Å². The van der Waals surface area contributed by atoms with E-state index in [9.17, 15) is 4.39 Å². The highest BCUT2D eigenvalue weighted by molar-refractivity contribution is 5.27. The molecular formula is C16H22FN3. The van der Waals surface area contributed by atoms with E-state index in [0.29, 0.717) is 6.42 Å². The first kappa shape index (κ1) is 14.7. The normalized spacial score (nSPS) is 12.6. The summed E-state index contributed by atoms with van der Waals surface area (Å²) in [6.07, 6.45) is 4.45. The third kappa shape index (κ3) is 3.25. The summed E-state index contributed by atoms with van der Waals surface area (Å²) in [6.45, 7) is 7.78. The first-order valence-corrected chi connectivity index (χ1v) is 7.15. The summed E-state index contributed by atoms with van der Waals surface area (Å²) >= 11 is 0. The molecule has 2 rings (SSSR count). The molecule has 0 bridgehead atoms. The molecule has 0 amide bonds. The predicted octanol–water partition coefficient (Wildman–Crippen LogP) is 3.24. The molecule has 0 fully saturated rings. The number of aryl methyl sites for hydroxylation is 2. The second kappa shape index (κ2) is 6.66. The van der Waals surface area contributed by atoms with Gasteiger partial charge < -0.3 is 9.88 Å². The van der Waals surface area contributed by atoms with E-state index >= 15 is 0 Å². The number of rotatable bonds is 6. The van der Waals surface area contributed by atoms with Gasteiger partial charge in [0.2, 0.25) is 0 Å². The van der Waals surface area contributed by atoms with Crippen molar-refractivity contribution in [1.29, 1.82) is 0 Å². The maximum Gasteiger partial charge on any atom is 0.128 e. The van der Waals surface area contributed by atoms with E-state index in [1.54, 1.807) is 18.3 Å². The quantitative estimate of drug-likeness (QED) is 0.877. The molecule has 0 radical (unpaired) electrons. The van der Waals surface area contributed by atoms with Crippen molar-refractivity contribution in [3.05, 3.63) is 53.4 Å². The van der Waals surface area contributed by atoms with Gasteiger partial charge in [0, 0.05) is 37.0 Å². The Balaban J connectivity index is 2.29. The maximum atomic E-state index is 14.1. The second-order valence-corrected chi connectivity index (χ2v) is 4.97. The Morgan fingerprint density at radius 2 is 2.15 bits per heavy atom. The first-order valence-electron chi connectivity index (χ1n) is 7.15. The van der Waals surface area contributed by atoms with Crippen LogP contribution in [0.3, 0.4) is 0 Å². The predicted molar refractivity (Wildman–Crippen MR) is 79.2 cm³/mol. The van der Waals surface area contributed by atoms with Gasteiger partial charge in [0.1, 0.15) is 11.6 Å². The lowest BCUT2D eigenvalue weighted by molar-refractivity contribution is 0.492. The molecule has 1 aromatic heterocycles. The van der Waals surface area contributed by atoms with Crippen molar-refractivity contribution in [1.82, 2.24) is 14.9 Å². The van der Waals surface area contributed by atoms with Gasteiger partial charge in [-0.1, -0.05) is 24.6 Å². The van der Waals surface area contributed by atoms with Crippen molar-refractivity contribution in [3.8, 4) is 0 Å². The average molecular weight is 275 g/mol. The topological polar surface area (TPSA) is 29.9 Å². The molecule has 2 aromatic rings. The van der Waals surface area contributed by atoms with Gasteiger partial charge in [-0.15, -0.1) is 0 Å². The van der Waals surface area contributed by atoms with E-state index in [1.807, 2.05) is 26.1 Å². The Morgan fingerprint density at radius 1 is 1.35 bits per heavy atom. The summed E-state index contributed by atoms with van der Waals surface area (Å²) in [6, 6.07) is 5.21. The van der Waals surface area contributed by atoms with Crippen molar-refractivity contribution in [2.24, 2.45) is 0 Å². The summed E-state index contributed by atoms with van der Waals surface area (Å²) in [5.41, 5.74) is 1.79. The van der Waals surface area contributed by atoms with Crippen molar-refractivity contribution < 1.29 is 4.39 Å². The fraction of sp³-hybridized carbons (Fsp3) is 0.438. The molecule has 0 saturated heterocycles. The van der Waals surface area contributed by atoms with Crippen LogP contribution in [0, 0.1) is 12.7 Å². The standard InChI is InChI=1S/C16H22FN3/c1-4-18-15(11-16-19-8-9-20(16)5-2)13-10-12(3)6-7-14(13)17/h6-10,15,18H,4-5,11H2,1-3H3. The lowest BCUT2D eigenvalue weighted by Gasteiger charge is -2.19. The van der Waals surface area contributed by atoms with E-state index in [1.165, 1.54) is 0 Å². The van der Waals surface area contributed by atoms with Gasteiger partial charge in [-0.05, 0) is 26.5 Å². The Kier molecular flexibility index (Phi) is 4.90. The van der Waals surface area contributed by atoms with Crippen molar-refractivity contribution in [3.63, 3.8) is 0 Å². The van der Waals surface area contributed by atoms with Crippen LogP contribution in [-0.2, 0) is 13.0 Å². The van der Waals surface area contributed by atoms with Gasteiger partial charge in [-0.2, -0.15) is 0 Å². The number of benzene rings is 1. The molecule has 1 atom stereocenters. The van der Waals surface area contributed by atoms with Gasteiger partial charge in [-0.25, -0.2) is 9.37 Å². The highest BCUT2D eigenvalue weighted by Crippen LogP contribution is 2.22. The third-order valence-electron chi connectivity index (χ3n) is 3.51. The fourth-order valence-electron chi connectivity index (χ4n) is 2.47. The number of nitrogens with zero attached hydrogens (tertiary/aromatic N) is 2. The average Bonchev–Trinajstić information content (AvgIpc) is 2.88. The highest BCUT2D eigenvalue weighted by Gasteiger charge is 2.17. The summed E-state index contributed by atoms with van der Waals surface area (Å²) in [5.74, 6) is 0.829. The molecule has 3 nitrogen and oxygen atoms in total. The van der Waals surface area contributed by atoms with Crippen molar-refractivity contribution >= 4 is 0 Å². The lowest BCUT2D eigenvalue weighted by Crippen LogP contribution is -2.25.